The largest absolute Gasteiger partial charge is 0.495 e. The fourth-order valence-corrected chi connectivity index (χ4v) is 2.86. The molecule has 1 fully saturated rings. The number of methoxy groups -OCH3 is 2. The van der Waals surface area contributed by atoms with Crippen molar-refractivity contribution < 1.29 is 23.9 Å². The van der Waals surface area contributed by atoms with E-state index in [1.807, 2.05) is 0 Å². The summed E-state index contributed by atoms with van der Waals surface area (Å²) in [5, 5.41) is 5.33. The maximum atomic E-state index is 12.1. The summed E-state index contributed by atoms with van der Waals surface area (Å²) >= 11 is 6.00. The van der Waals surface area contributed by atoms with Gasteiger partial charge in [-0.25, -0.2) is 0 Å². The molecule has 0 spiro atoms. The molecule has 0 saturated carbocycles. The van der Waals surface area contributed by atoms with Gasteiger partial charge in [-0.15, -0.1) is 0 Å². The summed E-state index contributed by atoms with van der Waals surface area (Å²) in [7, 11) is 2.87. The summed E-state index contributed by atoms with van der Waals surface area (Å²) in [4.78, 5) is 37.2. The highest BCUT2D eigenvalue weighted by Crippen LogP contribution is 2.35. The van der Waals surface area contributed by atoms with Gasteiger partial charge in [-0.2, -0.15) is 0 Å². The van der Waals surface area contributed by atoms with Gasteiger partial charge in [0.15, 0.2) is 0 Å². The van der Waals surface area contributed by atoms with E-state index in [4.69, 9.17) is 21.1 Å². The second-order valence-electron chi connectivity index (χ2n) is 5.73. The maximum Gasteiger partial charge on any atom is 0.313 e. The molecule has 0 aromatic heterocycles. The van der Waals surface area contributed by atoms with Crippen LogP contribution < -0.4 is 20.1 Å². The number of anilines is 1. The SMILES string of the molecule is COc1cc(NC(=O)C(=O)NCCCN2CCCC2=O)c(OC)cc1Cl. The Kier molecular flexibility index (Phi) is 7.08. The molecule has 2 N–H and O–H groups in total. The third-order valence-corrected chi connectivity index (χ3v) is 4.29. The van der Waals surface area contributed by atoms with Gasteiger partial charge in [0.2, 0.25) is 5.91 Å². The molecule has 1 aromatic carbocycles. The number of nitrogens with zero attached hydrogens (tertiary/aromatic N) is 1. The van der Waals surface area contributed by atoms with Gasteiger partial charge >= 0.3 is 11.8 Å². The minimum Gasteiger partial charge on any atom is -0.495 e. The Balaban J connectivity index is 1.84. The smallest absolute Gasteiger partial charge is 0.313 e. The van der Waals surface area contributed by atoms with E-state index in [9.17, 15) is 14.4 Å². The van der Waals surface area contributed by atoms with Gasteiger partial charge in [-0.05, 0) is 12.8 Å². The highest BCUT2D eigenvalue weighted by Gasteiger charge is 2.20. The maximum absolute atomic E-state index is 12.1. The molecule has 1 saturated heterocycles. The van der Waals surface area contributed by atoms with Crippen LogP contribution in [0.25, 0.3) is 0 Å². The number of hydrogen-bond acceptors (Lipinski definition) is 5. The number of carbonyl (C=O) groups excluding carboxylic acids is 3. The van der Waals surface area contributed by atoms with Crippen LogP contribution in [0.5, 0.6) is 11.5 Å². The first-order chi connectivity index (χ1) is 12.5. The lowest BCUT2D eigenvalue weighted by atomic mass is 10.2. The Morgan fingerprint density at radius 1 is 1.19 bits per heavy atom. The van der Waals surface area contributed by atoms with E-state index < -0.39 is 11.8 Å². The van der Waals surface area contributed by atoms with Gasteiger partial charge in [0.1, 0.15) is 11.5 Å². The fourth-order valence-electron chi connectivity index (χ4n) is 2.63. The summed E-state index contributed by atoms with van der Waals surface area (Å²) in [6.07, 6.45) is 2.05. The third-order valence-electron chi connectivity index (χ3n) is 3.99. The summed E-state index contributed by atoms with van der Waals surface area (Å²) < 4.78 is 10.2. The van der Waals surface area contributed by atoms with Crippen molar-refractivity contribution >= 4 is 35.0 Å². The van der Waals surface area contributed by atoms with Gasteiger partial charge in [0.05, 0.1) is 24.9 Å². The Hall–Kier alpha value is -2.48. The number of likely N-dealkylation sites (tertiary alicyclic amines) is 1. The molecule has 2 rings (SSSR count). The van der Waals surface area contributed by atoms with Crippen LogP contribution in [0.2, 0.25) is 5.02 Å². The Labute approximate surface area is 156 Å². The highest BCUT2D eigenvalue weighted by atomic mass is 35.5. The zero-order valence-electron chi connectivity index (χ0n) is 14.8. The van der Waals surface area contributed by atoms with Crippen molar-refractivity contribution in [3.8, 4) is 11.5 Å². The number of halogens is 1. The van der Waals surface area contributed by atoms with Gasteiger partial charge in [0, 0.05) is 38.2 Å². The lowest BCUT2D eigenvalue weighted by Gasteiger charge is -2.15. The van der Waals surface area contributed by atoms with Gasteiger partial charge in [-0.3, -0.25) is 14.4 Å². The number of rotatable bonds is 7. The summed E-state index contributed by atoms with van der Waals surface area (Å²) in [5.41, 5.74) is 0.275. The van der Waals surface area contributed by atoms with E-state index in [-0.39, 0.29) is 11.6 Å². The van der Waals surface area contributed by atoms with E-state index in [0.29, 0.717) is 42.5 Å². The van der Waals surface area contributed by atoms with Crippen LogP contribution >= 0.6 is 11.6 Å². The summed E-state index contributed by atoms with van der Waals surface area (Å²) in [6, 6.07) is 2.96. The molecule has 0 aliphatic carbocycles. The monoisotopic (exact) mass is 383 g/mol. The molecular weight excluding hydrogens is 362 g/mol. The predicted molar refractivity (Wildman–Crippen MR) is 96.6 cm³/mol. The van der Waals surface area contributed by atoms with Crippen molar-refractivity contribution in [2.24, 2.45) is 0 Å². The summed E-state index contributed by atoms with van der Waals surface area (Å²) in [6.45, 7) is 1.63. The van der Waals surface area contributed by atoms with Crippen LogP contribution in [-0.4, -0.2) is 56.5 Å². The lowest BCUT2D eigenvalue weighted by molar-refractivity contribution is -0.136. The number of ether oxygens (including phenoxy) is 2. The van der Waals surface area contributed by atoms with Crippen LogP contribution in [0.3, 0.4) is 0 Å². The molecule has 0 unspecified atom stereocenters. The predicted octanol–water partition coefficient (Wildman–Crippen LogP) is 1.42. The molecule has 1 aromatic rings. The lowest BCUT2D eigenvalue weighted by Crippen LogP contribution is -2.37. The van der Waals surface area contributed by atoms with Crippen LogP contribution in [0, 0.1) is 0 Å². The Bertz CT molecular complexity index is 695. The van der Waals surface area contributed by atoms with Gasteiger partial charge in [-0.1, -0.05) is 11.6 Å². The normalized spacial score (nSPS) is 13.5. The second kappa shape index (κ2) is 9.28. The Morgan fingerprint density at radius 3 is 2.54 bits per heavy atom. The quantitative estimate of drug-likeness (QED) is 0.548. The zero-order chi connectivity index (χ0) is 19.1. The van der Waals surface area contributed by atoms with E-state index >= 15 is 0 Å². The topological polar surface area (TPSA) is 97.0 Å². The van der Waals surface area contributed by atoms with Crippen molar-refractivity contribution in [1.29, 1.82) is 0 Å². The van der Waals surface area contributed by atoms with E-state index in [1.165, 1.54) is 26.4 Å². The fraction of sp³-hybridized carbons (Fsp3) is 0.471. The second-order valence-corrected chi connectivity index (χ2v) is 6.14. The minimum absolute atomic E-state index is 0.137. The first-order valence-electron chi connectivity index (χ1n) is 8.24. The third kappa shape index (κ3) is 5.01. The number of hydrogen-bond donors (Lipinski definition) is 2. The first-order valence-corrected chi connectivity index (χ1v) is 8.62. The van der Waals surface area contributed by atoms with Crippen LogP contribution in [0.1, 0.15) is 19.3 Å². The molecular formula is C17H22ClN3O5. The molecule has 142 valence electrons. The van der Waals surface area contributed by atoms with Crippen molar-refractivity contribution in [2.75, 3.05) is 39.2 Å². The number of nitrogens with one attached hydrogen (secondary N) is 2. The number of amides is 3. The Morgan fingerprint density at radius 2 is 1.92 bits per heavy atom. The van der Waals surface area contributed by atoms with E-state index in [2.05, 4.69) is 10.6 Å². The molecule has 26 heavy (non-hydrogen) atoms. The van der Waals surface area contributed by atoms with Crippen LogP contribution in [0.15, 0.2) is 12.1 Å². The molecule has 1 aliphatic rings. The molecule has 0 bridgehead atoms. The number of benzene rings is 1. The van der Waals surface area contributed by atoms with Crippen molar-refractivity contribution in [3.05, 3.63) is 17.2 Å². The van der Waals surface area contributed by atoms with Crippen LogP contribution in [0.4, 0.5) is 5.69 Å². The number of carbonyl (C=O) groups is 3. The van der Waals surface area contributed by atoms with Gasteiger partial charge < -0.3 is 25.0 Å². The summed E-state index contributed by atoms with van der Waals surface area (Å²) in [5.74, 6) is -0.806. The molecule has 1 aliphatic heterocycles. The molecule has 8 nitrogen and oxygen atoms in total. The van der Waals surface area contributed by atoms with Gasteiger partial charge in [0.25, 0.3) is 0 Å². The van der Waals surface area contributed by atoms with Crippen molar-refractivity contribution in [2.45, 2.75) is 19.3 Å². The van der Waals surface area contributed by atoms with E-state index in [1.54, 1.807) is 4.90 Å². The van der Waals surface area contributed by atoms with Crippen molar-refractivity contribution in [1.82, 2.24) is 10.2 Å². The molecule has 1 heterocycles. The average molecular weight is 384 g/mol. The van der Waals surface area contributed by atoms with E-state index in [0.717, 1.165) is 13.0 Å². The molecule has 9 heteroatoms. The average Bonchev–Trinajstić information content (AvgIpc) is 3.04. The first kappa shape index (κ1) is 19.8. The standard InChI is InChI=1S/C17H22ClN3O5/c1-25-13-10-12(14(26-2)9-11(13)18)20-17(24)16(23)19-6-4-8-21-7-3-5-15(21)22/h9-10H,3-8H2,1-2H3,(H,19,23)(H,20,24). The zero-order valence-corrected chi connectivity index (χ0v) is 15.5. The molecule has 3 amide bonds. The molecule has 0 radical (unpaired) electrons. The molecule has 0 atom stereocenters. The van der Waals surface area contributed by atoms with Crippen molar-refractivity contribution in [3.63, 3.8) is 0 Å². The minimum atomic E-state index is -0.829. The highest BCUT2D eigenvalue weighted by molar-refractivity contribution is 6.40. The van der Waals surface area contributed by atoms with Crippen LogP contribution in [-0.2, 0) is 14.4 Å².